The van der Waals surface area contributed by atoms with E-state index in [1.807, 2.05) is 0 Å². The molecule has 2 fully saturated rings. The maximum Gasteiger partial charge on any atom is 0.326 e. The number of carboxylic acids is 1. The van der Waals surface area contributed by atoms with Crippen LogP contribution in [0, 0.1) is 0 Å². The lowest BCUT2D eigenvalue weighted by Gasteiger charge is -2.31. The smallest absolute Gasteiger partial charge is 0.326 e. The number of H-pyrrole nitrogens is 2. The van der Waals surface area contributed by atoms with Gasteiger partial charge in [0.1, 0.15) is 66.5 Å². The molecule has 0 spiro atoms. The molecule has 101 heavy (non-hydrogen) atoms. The Morgan fingerprint density at radius 1 is 0.604 bits per heavy atom. The number of aliphatic hydroxyl groups is 3. The quantitative estimate of drug-likeness (QED) is 0.0112. The van der Waals surface area contributed by atoms with E-state index in [-0.39, 0.29) is 83.4 Å². The molecule has 0 unspecified atom stereocenters. The first kappa shape index (κ1) is 78.9. The number of likely N-dealkylation sites (tertiary alicyclic amines) is 2. The standard InChI is InChI=1S/C63H88N20O18/c1-32(86)51(66)59(97)79-42(25-49(65)88)60(98)82-20-8-16-47(82)58(96)78-40(23-34-26-71-37-13-6-5-12-36(34)37)54(92)77-41(24-35-27-69-31-73-35)55(93)81-45(30-85)61(99)83-21-9-15-46(83)57(95)76-38(14-7-19-70-63(67)68)53(91)75-39(17-18-48(64)87)52(90)72-28-50(89)74-44(29-84)56(94)80-43(62(100)101)22-33-10-3-2-4-11-33/h2-6,10-13,26-27,31-32,38-47,51,71,84-86H,7-9,14-25,28-30,66H2,1H3,(H2,64,87)(H2,65,88)(H,69,73)(H,72,90)(H,74,89)(H,75,91)(H,76,95)(H,77,92)(H,78,96)(H,79,97)(H,80,94)(H,81,93)(H,100,101)(H4,67,68,70)/t32-,38+,39+,40+,41+,42+,43+,44+,45+,46+,47+,51+/m1/s1. The number of primary amides is 2. The molecule has 4 heterocycles. The highest BCUT2D eigenvalue weighted by Gasteiger charge is 2.43. The van der Waals surface area contributed by atoms with Crippen molar-refractivity contribution in [2.24, 2.45) is 33.7 Å². The first-order chi connectivity index (χ1) is 48.1. The van der Waals surface area contributed by atoms with Gasteiger partial charge in [0.25, 0.3) is 0 Å². The van der Waals surface area contributed by atoms with Crippen LogP contribution in [0.1, 0.15) is 81.5 Å². The van der Waals surface area contributed by atoms with Gasteiger partial charge in [-0.05, 0) is 69.1 Å². The summed E-state index contributed by atoms with van der Waals surface area (Å²) < 4.78 is 0. The maximum atomic E-state index is 14.8. The van der Waals surface area contributed by atoms with Crippen molar-refractivity contribution in [2.45, 2.75) is 157 Å². The number of aliphatic carboxylic acids is 1. The molecule has 38 heteroatoms. The van der Waals surface area contributed by atoms with Gasteiger partial charge in [0, 0.05) is 74.3 Å². The Balaban J connectivity index is 1.16. The topological polar surface area (TPSA) is 622 Å². The zero-order chi connectivity index (χ0) is 74.0. The van der Waals surface area contributed by atoms with Crippen LogP contribution in [0.25, 0.3) is 10.9 Å². The Morgan fingerprint density at radius 2 is 1.15 bits per heavy atom. The number of aromatic amines is 2. The fraction of sp³-hybridized carbons (Fsp3) is 0.492. The van der Waals surface area contributed by atoms with Gasteiger partial charge in [0.2, 0.25) is 76.8 Å². The number of fused-ring (bicyclic) bond motifs is 1. The average molecular weight is 1410 g/mol. The van der Waals surface area contributed by atoms with E-state index in [1.165, 1.54) is 19.4 Å². The third-order valence-electron chi connectivity index (χ3n) is 16.7. The number of carbonyl (C=O) groups is 14. The summed E-state index contributed by atoms with van der Waals surface area (Å²) in [5.41, 5.74) is 29.7. The van der Waals surface area contributed by atoms with Crippen molar-refractivity contribution in [3.63, 3.8) is 0 Å². The molecule has 2 aromatic heterocycles. The summed E-state index contributed by atoms with van der Waals surface area (Å²) in [6.45, 7) is -1.90. The van der Waals surface area contributed by atoms with E-state index in [0.717, 1.165) is 9.80 Å². The van der Waals surface area contributed by atoms with Gasteiger partial charge in [-0.25, -0.2) is 9.78 Å². The van der Waals surface area contributed by atoms with Gasteiger partial charge in [0.05, 0.1) is 38.6 Å². The molecular weight excluding hydrogens is 1320 g/mol. The number of aromatic nitrogens is 3. The number of guanidine groups is 1. The van der Waals surface area contributed by atoms with E-state index in [9.17, 15) is 87.5 Å². The minimum absolute atomic E-state index is 0.0116. The Bertz CT molecular complexity index is 3630. The molecule has 0 aliphatic carbocycles. The first-order valence-corrected chi connectivity index (χ1v) is 32.5. The van der Waals surface area contributed by atoms with E-state index in [0.29, 0.717) is 27.7 Å². The lowest BCUT2D eigenvalue weighted by Crippen LogP contribution is -2.61. The second kappa shape index (κ2) is 38.3. The number of nitrogens with one attached hydrogen (secondary N) is 11. The van der Waals surface area contributed by atoms with Crippen molar-refractivity contribution in [2.75, 3.05) is 39.4 Å². The second-order valence-electron chi connectivity index (χ2n) is 24.3. The number of rotatable bonds is 39. The van der Waals surface area contributed by atoms with Crippen molar-refractivity contribution in [1.29, 1.82) is 0 Å². The largest absolute Gasteiger partial charge is 0.480 e. The Morgan fingerprint density at radius 3 is 1.73 bits per heavy atom. The fourth-order valence-electron chi connectivity index (χ4n) is 11.4. The van der Waals surface area contributed by atoms with Gasteiger partial charge in [0.15, 0.2) is 5.96 Å². The fourth-order valence-corrected chi connectivity index (χ4v) is 11.4. The third-order valence-corrected chi connectivity index (χ3v) is 16.7. The predicted molar refractivity (Wildman–Crippen MR) is 356 cm³/mol. The number of imidazole rings is 1. The number of benzene rings is 2. The lowest BCUT2D eigenvalue weighted by molar-refractivity contribution is -0.144. The highest BCUT2D eigenvalue weighted by Crippen LogP contribution is 2.24. The van der Waals surface area contributed by atoms with Crippen LogP contribution < -0.4 is 76.5 Å². The van der Waals surface area contributed by atoms with Crippen LogP contribution in [-0.4, -0.2) is 246 Å². The summed E-state index contributed by atoms with van der Waals surface area (Å²) in [7, 11) is 0. The van der Waals surface area contributed by atoms with Gasteiger partial charge < -0.3 is 117 Å². The van der Waals surface area contributed by atoms with Gasteiger partial charge >= 0.3 is 5.97 Å². The molecule has 6 rings (SSSR count). The lowest BCUT2D eigenvalue weighted by atomic mass is 10.0. The summed E-state index contributed by atoms with van der Waals surface area (Å²) in [6, 6.07) is -1.62. The number of amides is 13. The molecule has 2 aliphatic heterocycles. The summed E-state index contributed by atoms with van der Waals surface area (Å²) in [5.74, 6) is -14.4. The van der Waals surface area contributed by atoms with Crippen molar-refractivity contribution in [3.8, 4) is 0 Å². The summed E-state index contributed by atoms with van der Waals surface area (Å²) in [5, 5.41) is 63.0. The number of para-hydroxylation sites is 1. The molecule has 25 N–H and O–H groups in total. The molecular formula is C63H88N20O18. The second-order valence-corrected chi connectivity index (χ2v) is 24.3. The Labute approximate surface area is 577 Å². The molecule has 4 aromatic rings. The monoisotopic (exact) mass is 1410 g/mol. The number of carbonyl (C=O) groups excluding carboxylic acids is 13. The first-order valence-electron chi connectivity index (χ1n) is 32.5. The number of hydrogen-bond acceptors (Lipinski definition) is 20. The third kappa shape index (κ3) is 23.5. The van der Waals surface area contributed by atoms with Crippen molar-refractivity contribution in [3.05, 3.63) is 90.1 Å². The van der Waals surface area contributed by atoms with E-state index >= 15 is 0 Å². The van der Waals surface area contributed by atoms with Crippen LogP contribution in [0.5, 0.6) is 0 Å². The van der Waals surface area contributed by atoms with Crippen LogP contribution in [0.2, 0.25) is 0 Å². The molecule has 2 aliphatic rings. The molecule has 38 nitrogen and oxygen atoms in total. The normalized spacial score (nSPS) is 17.1. The number of hydrogen-bond donors (Lipinski definition) is 20. The minimum atomic E-state index is -1.79. The molecule has 0 radical (unpaired) electrons. The number of nitrogens with two attached hydrogens (primary N) is 5. The molecule has 13 amide bonds. The molecule has 2 saturated heterocycles. The van der Waals surface area contributed by atoms with E-state index in [2.05, 4.69) is 67.8 Å². The predicted octanol–water partition coefficient (Wildman–Crippen LogP) is -8.13. The van der Waals surface area contributed by atoms with Gasteiger partial charge in [-0.1, -0.05) is 48.5 Å². The Hall–Kier alpha value is -11.1. The zero-order valence-corrected chi connectivity index (χ0v) is 55.3. The van der Waals surface area contributed by atoms with Gasteiger partial charge in [-0.2, -0.15) is 0 Å². The summed E-state index contributed by atoms with van der Waals surface area (Å²) in [6.07, 6.45) is 0.903. The van der Waals surface area contributed by atoms with Crippen LogP contribution in [0.4, 0.5) is 0 Å². The SMILES string of the molecule is C[C@@H](O)[C@H](N)C(=O)N[C@@H](CC(N)=O)C(=O)N1CCC[C@H]1C(=O)N[C@@H](Cc1c[nH]c2ccccc12)C(=O)N[C@@H](Cc1cnc[nH]1)C(=O)N[C@@H](CO)C(=O)N1CCC[C@H]1C(=O)N[C@@H](CCCN=C(N)N)C(=O)N[C@@H](CCC(N)=O)C(=O)NCC(=O)N[C@@H](CO)C(=O)N[C@@H](Cc1ccccc1)C(=O)O. The summed E-state index contributed by atoms with van der Waals surface area (Å²) >= 11 is 0. The number of aliphatic imine (C=N–C) groups is 1. The number of carboxylic acid groups (broad SMARTS) is 1. The van der Waals surface area contributed by atoms with Crippen LogP contribution >= 0.6 is 0 Å². The Kier molecular flexibility index (Phi) is 29.9. The van der Waals surface area contributed by atoms with E-state index in [1.54, 1.807) is 60.8 Å². The van der Waals surface area contributed by atoms with E-state index in [4.69, 9.17) is 28.7 Å². The number of aliphatic hydroxyl groups excluding tert-OH is 3. The molecule has 0 saturated carbocycles. The van der Waals surface area contributed by atoms with Crippen molar-refractivity contribution in [1.82, 2.24) is 72.6 Å². The molecule has 2 aromatic carbocycles. The molecule has 0 bridgehead atoms. The molecule has 548 valence electrons. The minimum Gasteiger partial charge on any atom is -0.480 e. The highest BCUT2D eigenvalue weighted by atomic mass is 16.4. The van der Waals surface area contributed by atoms with Crippen LogP contribution in [-0.2, 0) is 86.4 Å². The molecule has 12 atom stereocenters. The maximum absolute atomic E-state index is 14.8. The van der Waals surface area contributed by atoms with Crippen LogP contribution in [0.3, 0.4) is 0 Å². The number of nitrogens with zero attached hydrogens (tertiary/aromatic N) is 4. The summed E-state index contributed by atoms with van der Waals surface area (Å²) in [4.78, 5) is 206. The van der Waals surface area contributed by atoms with Gasteiger partial charge in [-0.3, -0.25) is 67.3 Å². The van der Waals surface area contributed by atoms with Crippen molar-refractivity contribution < 1.29 is 87.5 Å². The van der Waals surface area contributed by atoms with Gasteiger partial charge in [-0.15, -0.1) is 0 Å². The van der Waals surface area contributed by atoms with Crippen LogP contribution in [0.15, 0.2) is 78.3 Å². The zero-order valence-electron chi connectivity index (χ0n) is 55.3. The van der Waals surface area contributed by atoms with Crippen molar-refractivity contribution >= 4 is 99.6 Å². The van der Waals surface area contributed by atoms with E-state index < -0.39 is 194 Å². The average Bonchev–Trinajstić information content (AvgIpc) is 1.73. The highest BCUT2D eigenvalue weighted by molar-refractivity contribution is 6.00.